The third-order valence-electron chi connectivity index (χ3n) is 1.83. The first-order valence-corrected chi connectivity index (χ1v) is 5.23. The Kier molecular flexibility index (Phi) is 2.96. The maximum Gasteiger partial charge on any atom is 0.260 e. The molecule has 0 bridgehead atoms. The molecule has 0 saturated carbocycles. The summed E-state index contributed by atoms with van der Waals surface area (Å²) in [5.41, 5.74) is 4.90. The van der Waals surface area contributed by atoms with Gasteiger partial charge < -0.3 is 5.73 Å². The average Bonchev–Trinajstić information content (AvgIpc) is 2.67. The van der Waals surface area contributed by atoms with Gasteiger partial charge in [0.1, 0.15) is 11.6 Å². The van der Waals surface area contributed by atoms with Gasteiger partial charge in [-0.3, -0.25) is 10.1 Å². The smallest absolute Gasteiger partial charge is 0.260 e. The number of halogens is 2. The van der Waals surface area contributed by atoms with Crippen LogP contribution in [0.15, 0.2) is 18.2 Å². The minimum atomic E-state index is -0.818. The molecule has 88 valence electrons. The quantitative estimate of drug-likeness (QED) is 0.856. The van der Waals surface area contributed by atoms with E-state index in [2.05, 4.69) is 15.5 Å². The van der Waals surface area contributed by atoms with E-state index < -0.39 is 23.1 Å². The van der Waals surface area contributed by atoms with Crippen LogP contribution >= 0.6 is 11.3 Å². The Morgan fingerprint density at radius 3 is 2.76 bits per heavy atom. The first kappa shape index (κ1) is 11.4. The number of amides is 1. The van der Waals surface area contributed by atoms with Crippen molar-refractivity contribution < 1.29 is 13.6 Å². The molecule has 3 N–H and O–H groups in total. The maximum absolute atomic E-state index is 13.2. The number of nitrogens with one attached hydrogen (secondary N) is 1. The van der Waals surface area contributed by atoms with Crippen LogP contribution in [0.4, 0.5) is 19.0 Å². The van der Waals surface area contributed by atoms with Crippen LogP contribution in [0.2, 0.25) is 0 Å². The van der Waals surface area contributed by atoms with Gasteiger partial charge in [-0.2, -0.15) is 0 Å². The van der Waals surface area contributed by atoms with Crippen molar-refractivity contribution in [3.63, 3.8) is 0 Å². The van der Waals surface area contributed by atoms with Crippen molar-refractivity contribution in [1.29, 1.82) is 0 Å². The molecule has 0 unspecified atom stereocenters. The molecule has 5 nitrogen and oxygen atoms in total. The molecule has 1 heterocycles. The van der Waals surface area contributed by atoms with Crippen molar-refractivity contribution in [3.8, 4) is 0 Å². The zero-order chi connectivity index (χ0) is 12.4. The lowest BCUT2D eigenvalue weighted by molar-refractivity contribution is 0.102. The minimum absolute atomic E-state index is 0.121. The van der Waals surface area contributed by atoms with Gasteiger partial charge in [0.05, 0.1) is 5.56 Å². The molecule has 0 fully saturated rings. The van der Waals surface area contributed by atoms with Crippen LogP contribution in [0, 0.1) is 11.6 Å². The molecule has 0 aliphatic rings. The maximum atomic E-state index is 13.2. The number of aromatic nitrogens is 2. The predicted molar refractivity (Wildman–Crippen MR) is 58.6 cm³/mol. The Morgan fingerprint density at radius 1 is 1.35 bits per heavy atom. The predicted octanol–water partition coefficient (Wildman–Crippen LogP) is 1.65. The molecule has 1 aromatic carbocycles. The van der Waals surface area contributed by atoms with Crippen molar-refractivity contribution in [2.75, 3.05) is 11.1 Å². The van der Waals surface area contributed by atoms with E-state index in [-0.39, 0.29) is 10.3 Å². The fourth-order valence-electron chi connectivity index (χ4n) is 1.12. The molecule has 0 spiro atoms. The van der Waals surface area contributed by atoms with E-state index in [1.54, 1.807) is 0 Å². The van der Waals surface area contributed by atoms with Crippen LogP contribution < -0.4 is 11.1 Å². The third kappa shape index (κ3) is 2.53. The molecule has 0 saturated heterocycles. The van der Waals surface area contributed by atoms with Crippen LogP contribution in [-0.4, -0.2) is 16.1 Å². The monoisotopic (exact) mass is 256 g/mol. The lowest BCUT2D eigenvalue weighted by Gasteiger charge is -2.02. The fourth-order valence-corrected chi connectivity index (χ4v) is 1.63. The summed E-state index contributed by atoms with van der Waals surface area (Å²) in [6, 6.07) is 2.60. The number of rotatable bonds is 2. The zero-order valence-corrected chi connectivity index (χ0v) is 9.09. The highest BCUT2D eigenvalue weighted by molar-refractivity contribution is 7.19. The van der Waals surface area contributed by atoms with Crippen LogP contribution in [-0.2, 0) is 0 Å². The molecule has 0 aliphatic heterocycles. The third-order valence-corrected chi connectivity index (χ3v) is 2.50. The summed E-state index contributed by atoms with van der Waals surface area (Å²) >= 11 is 0.928. The summed E-state index contributed by atoms with van der Waals surface area (Å²) < 4.78 is 26.1. The first-order valence-electron chi connectivity index (χ1n) is 4.41. The number of carbonyl (C=O) groups is 1. The number of hydrogen-bond acceptors (Lipinski definition) is 5. The number of carbonyl (C=O) groups excluding carboxylic acids is 1. The second kappa shape index (κ2) is 4.42. The van der Waals surface area contributed by atoms with E-state index in [1.807, 2.05) is 0 Å². The molecular weight excluding hydrogens is 250 g/mol. The van der Waals surface area contributed by atoms with Crippen LogP contribution in [0.25, 0.3) is 0 Å². The molecule has 1 aromatic heterocycles. The summed E-state index contributed by atoms with van der Waals surface area (Å²) in [4.78, 5) is 11.6. The van der Waals surface area contributed by atoms with E-state index in [0.29, 0.717) is 0 Å². The van der Waals surface area contributed by atoms with E-state index >= 15 is 0 Å². The van der Waals surface area contributed by atoms with Gasteiger partial charge >= 0.3 is 0 Å². The highest BCUT2D eigenvalue weighted by Crippen LogP contribution is 2.18. The Hall–Kier alpha value is -2.09. The molecule has 2 aromatic rings. The topological polar surface area (TPSA) is 80.9 Å². The van der Waals surface area contributed by atoms with Crippen molar-refractivity contribution in [1.82, 2.24) is 10.2 Å². The summed E-state index contributed by atoms with van der Waals surface area (Å²) in [5, 5.41) is 9.55. The molecule has 8 heteroatoms. The molecular formula is C9H6F2N4OS. The molecule has 1 amide bonds. The van der Waals surface area contributed by atoms with Gasteiger partial charge in [0.25, 0.3) is 5.91 Å². The first-order chi connectivity index (χ1) is 8.06. The summed E-state index contributed by atoms with van der Waals surface area (Å²) in [5.74, 6) is -2.33. The summed E-state index contributed by atoms with van der Waals surface area (Å²) in [7, 11) is 0. The molecule has 0 aliphatic carbocycles. The van der Waals surface area contributed by atoms with E-state index in [4.69, 9.17) is 5.73 Å². The van der Waals surface area contributed by atoms with Crippen LogP contribution in [0.3, 0.4) is 0 Å². The van der Waals surface area contributed by atoms with Crippen molar-refractivity contribution in [2.45, 2.75) is 0 Å². The van der Waals surface area contributed by atoms with Gasteiger partial charge in [0, 0.05) is 0 Å². The Labute approximate surface area is 98.3 Å². The van der Waals surface area contributed by atoms with E-state index in [9.17, 15) is 13.6 Å². The lowest BCUT2D eigenvalue weighted by atomic mass is 10.2. The lowest BCUT2D eigenvalue weighted by Crippen LogP contribution is -2.13. The average molecular weight is 256 g/mol. The van der Waals surface area contributed by atoms with Crippen LogP contribution in [0.5, 0.6) is 0 Å². The summed E-state index contributed by atoms with van der Waals surface area (Å²) in [6.07, 6.45) is 0. The number of benzene rings is 1. The Bertz CT molecular complexity index is 572. The second-order valence-corrected chi connectivity index (χ2v) is 4.03. The van der Waals surface area contributed by atoms with Gasteiger partial charge in [-0.15, -0.1) is 10.2 Å². The SMILES string of the molecule is Nc1nnc(NC(=O)c2cc(F)ccc2F)s1. The summed E-state index contributed by atoms with van der Waals surface area (Å²) in [6.45, 7) is 0. The second-order valence-electron chi connectivity index (χ2n) is 3.02. The Morgan fingerprint density at radius 2 is 2.12 bits per heavy atom. The van der Waals surface area contributed by atoms with Crippen LogP contribution in [0.1, 0.15) is 10.4 Å². The number of nitrogen functional groups attached to an aromatic ring is 1. The van der Waals surface area contributed by atoms with Gasteiger partial charge in [0.2, 0.25) is 10.3 Å². The normalized spacial score (nSPS) is 10.2. The van der Waals surface area contributed by atoms with Gasteiger partial charge in [-0.25, -0.2) is 8.78 Å². The molecule has 0 atom stereocenters. The van der Waals surface area contributed by atoms with Crippen molar-refractivity contribution >= 4 is 27.5 Å². The van der Waals surface area contributed by atoms with Crippen molar-refractivity contribution in [2.24, 2.45) is 0 Å². The number of hydrogen-bond donors (Lipinski definition) is 2. The van der Waals surface area contributed by atoms with E-state index in [0.717, 1.165) is 29.5 Å². The standard InChI is InChI=1S/C9H6F2N4OS/c10-4-1-2-6(11)5(3-4)7(16)13-9-15-14-8(12)17-9/h1-3H,(H2,12,14)(H,13,15,16). The largest absolute Gasteiger partial charge is 0.374 e. The minimum Gasteiger partial charge on any atom is -0.374 e. The molecule has 17 heavy (non-hydrogen) atoms. The molecule has 0 radical (unpaired) electrons. The van der Waals surface area contributed by atoms with Gasteiger partial charge in [-0.1, -0.05) is 11.3 Å². The van der Waals surface area contributed by atoms with Crippen molar-refractivity contribution in [3.05, 3.63) is 35.4 Å². The highest BCUT2D eigenvalue weighted by atomic mass is 32.1. The number of nitrogens with zero attached hydrogens (tertiary/aromatic N) is 2. The highest BCUT2D eigenvalue weighted by Gasteiger charge is 2.14. The van der Waals surface area contributed by atoms with E-state index in [1.165, 1.54) is 0 Å². The number of anilines is 2. The zero-order valence-electron chi connectivity index (χ0n) is 8.28. The fraction of sp³-hybridized carbons (Fsp3) is 0. The van der Waals surface area contributed by atoms with Gasteiger partial charge in [-0.05, 0) is 18.2 Å². The number of nitrogens with two attached hydrogens (primary N) is 1. The molecule has 2 rings (SSSR count). The van der Waals surface area contributed by atoms with Gasteiger partial charge in [0.15, 0.2) is 0 Å². The Balaban J connectivity index is 2.22.